The Morgan fingerprint density at radius 2 is 2.08 bits per heavy atom. The van der Waals surface area contributed by atoms with Crippen molar-refractivity contribution in [3.05, 3.63) is 23.2 Å². The Kier molecular flexibility index (Phi) is 2.07. The summed E-state index contributed by atoms with van der Waals surface area (Å²) in [5.74, 6) is -2.87. The van der Waals surface area contributed by atoms with E-state index in [9.17, 15) is 18.0 Å². The summed E-state index contributed by atoms with van der Waals surface area (Å²) in [4.78, 5) is 10.3. The van der Waals surface area contributed by atoms with E-state index in [2.05, 4.69) is 4.42 Å². The van der Waals surface area contributed by atoms with Crippen LogP contribution in [0.3, 0.4) is 0 Å². The third kappa shape index (κ3) is 1.82. The van der Waals surface area contributed by atoms with Gasteiger partial charge in [0.15, 0.2) is 0 Å². The van der Waals surface area contributed by atoms with Gasteiger partial charge in [-0.05, 0) is 13.0 Å². The van der Waals surface area contributed by atoms with Crippen LogP contribution in [-0.2, 0) is 6.18 Å². The number of carboxylic acid groups (broad SMARTS) is 1. The predicted octanol–water partition coefficient (Wildman–Crippen LogP) is 2.31. The number of alkyl halides is 3. The van der Waals surface area contributed by atoms with E-state index in [0.29, 0.717) is 6.07 Å². The Labute approximate surface area is 70.8 Å². The SMILES string of the molecule is Cc1cc(C(F)(F)F)c(C(=O)O)o1. The van der Waals surface area contributed by atoms with E-state index in [1.165, 1.54) is 6.92 Å². The summed E-state index contributed by atoms with van der Waals surface area (Å²) >= 11 is 0. The topological polar surface area (TPSA) is 50.4 Å². The summed E-state index contributed by atoms with van der Waals surface area (Å²) in [5.41, 5.74) is -1.25. The standard InChI is InChI=1S/C7H5F3O3/c1-3-2-4(7(8,9)10)5(13-3)6(11)12/h2H,1H3,(H,11,12). The van der Waals surface area contributed by atoms with Crippen molar-refractivity contribution in [1.82, 2.24) is 0 Å². The third-order valence-electron chi connectivity index (χ3n) is 1.35. The Bertz CT molecular complexity index is 337. The zero-order chi connectivity index (χ0) is 10.2. The lowest BCUT2D eigenvalue weighted by molar-refractivity contribution is -0.138. The molecule has 0 saturated heterocycles. The van der Waals surface area contributed by atoms with Crippen LogP contribution in [0.4, 0.5) is 13.2 Å². The molecule has 0 radical (unpaired) electrons. The molecule has 1 N–H and O–H groups in total. The molecule has 0 atom stereocenters. The van der Waals surface area contributed by atoms with Gasteiger partial charge in [0.2, 0.25) is 5.76 Å². The maximum atomic E-state index is 12.1. The van der Waals surface area contributed by atoms with Crippen molar-refractivity contribution in [2.24, 2.45) is 0 Å². The number of furan rings is 1. The van der Waals surface area contributed by atoms with Gasteiger partial charge in [-0.25, -0.2) is 4.79 Å². The number of hydrogen-bond donors (Lipinski definition) is 1. The van der Waals surface area contributed by atoms with E-state index >= 15 is 0 Å². The molecule has 0 aromatic carbocycles. The second kappa shape index (κ2) is 2.79. The average molecular weight is 194 g/mol. The Hall–Kier alpha value is -1.46. The van der Waals surface area contributed by atoms with Gasteiger partial charge in [-0.2, -0.15) is 13.2 Å². The van der Waals surface area contributed by atoms with Crippen molar-refractivity contribution in [3.63, 3.8) is 0 Å². The molecule has 0 aliphatic rings. The summed E-state index contributed by atoms with van der Waals surface area (Å²) in [5, 5.41) is 8.35. The number of hydrogen-bond acceptors (Lipinski definition) is 2. The highest BCUT2D eigenvalue weighted by Crippen LogP contribution is 2.33. The fourth-order valence-electron chi connectivity index (χ4n) is 0.884. The predicted molar refractivity (Wildman–Crippen MR) is 35.4 cm³/mol. The van der Waals surface area contributed by atoms with Gasteiger partial charge >= 0.3 is 12.1 Å². The van der Waals surface area contributed by atoms with Crippen molar-refractivity contribution in [2.45, 2.75) is 13.1 Å². The van der Waals surface area contributed by atoms with E-state index in [1.54, 1.807) is 0 Å². The van der Waals surface area contributed by atoms with Crippen LogP contribution in [0, 0.1) is 6.92 Å². The molecule has 1 aromatic rings. The highest BCUT2D eigenvalue weighted by molar-refractivity contribution is 5.86. The molecule has 0 amide bonds. The molecule has 1 aromatic heterocycles. The van der Waals surface area contributed by atoms with Crippen LogP contribution in [0.2, 0.25) is 0 Å². The minimum Gasteiger partial charge on any atom is -0.475 e. The maximum absolute atomic E-state index is 12.1. The molecule has 0 aliphatic heterocycles. The normalized spacial score (nSPS) is 11.7. The van der Waals surface area contributed by atoms with Gasteiger partial charge in [0, 0.05) is 0 Å². The minimum atomic E-state index is -4.69. The molecule has 0 bridgehead atoms. The van der Waals surface area contributed by atoms with Crippen molar-refractivity contribution in [1.29, 1.82) is 0 Å². The molecular weight excluding hydrogens is 189 g/mol. The number of carbonyl (C=O) groups is 1. The Balaban J connectivity index is 3.28. The van der Waals surface area contributed by atoms with Gasteiger partial charge in [-0.3, -0.25) is 0 Å². The van der Waals surface area contributed by atoms with Gasteiger partial charge in [0.25, 0.3) is 0 Å². The molecule has 1 rings (SSSR count). The Morgan fingerprint density at radius 1 is 1.54 bits per heavy atom. The number of halogens is 3. The first-order valence-corrected chi connectivity index (χ1v) is 3.23. The molecule has 13 heavy (non-hydrogen) atoms. The zero-order valence-electron chi connectivity index (χ0n) is 6.47. The summed E-state index contributed by atoms with van der Waals surface area (Å²) in [6, 6.07) is 0.656. The fourth-order valence-corrected chi connectivity index (χ4v) is 0.884. The molecule has 6 heteroatoms. The fraction of sp³-hybridized carbons (Fsp3) is 0.286. The average Bonchev–Trinajstić information content (AvgIpc) is 2.29. The molecule has 0 unspecified atom stereocenters. The molecule has 0 fully saturated rings. The largest absolute Gasteiger partial charge is 0.475 e. The van der Waals surface area contributed by atoms with Crippen LogP contribution in [-0.4, -0.2) is 11.1 Å². The van der Waals surface area contributed by atoms with Crippen molar-refractivity contribution in [3.8, 4) is 0 Å². The monoisotopic (exact) mass is 194 g/mol. The highest BCUT2D eigenvalue weighted by Gasteiger charge is 2.38. The van der Waals surface area contributed by atoms with Gasteiger partial charge in [0.05, 0.1) is 0 Å². The van der Waals surface area contributed by atoms with E-state index in [-0.39, 0.29) is 5.76 Å². The number of carboxylic acids is 1. The first-order valence-electron chi connectivity index (χ1n) is 3.23. The lowest BCUT2D eigenvalue weighted by Gasteiger charge is -2.02. The maximum Gasteiger partial charge on any atom is 0.420 e. The molecule has 0 saturated carbocycles. The summed E-state index contributed by atoms with van der Waals surface area (Å²) in [7, 11) is 0. The molecular formula is C7H5F3O3. The van der Waals surface area contributed by atoms with E-state index in [4.69, 9.17) is 5.11 Å². The van der Waals surface area contributed by atoms with Gasteiger partial charge in [-0.15, -0.1) is 0 Å². The number of aromatic carboxylic acids is 1. The molecule has 0 aliphatic carbocycles. The quantitative estimate of drug-likeness (QED) is 0.746. The highest BCUT2D eigenvalue weighted by atomic mass is 19.4. The zero-order valence-corrected chi connectivity index (χ0v) is 6.47. The van der Waals surface area contributed by atoms with E-state index in [0.717, 1.165) is 0 Å². The molecule has 0 spiro atoms. The summed E-state index contributed by atoms with van der Waals surface area (Å²) < 4.78 is 40.7. The second-order valence-electron chi connectivity index (χ2n) is 2.40. The first kappa shape index (κ1) is 9.63. The molecule has 3 nitrogen and oxygen atoms in total. The van der Waals surface area contributed by atoms with Gasteiger partial charge in [-0.1, -0.05) is 0 Å². The van der Waals surface area contributed by atoms with Crippen molar-refractivity contribution in [2.75, 3.05) is 0 Å². The van der Waals surface area contributed by atoms with Crippen molar-refractivity contribution >= 4 is 5.97 Å². The van der Waals surface area contributed by atoms with Crippen LogP contribution in [0.15, 0.2) is 10.5 Å². The van der Waals surface area contributed by atoms with Gasteiger partial charge in [0.1, 0.15) is 11.3 Å². The lowest BCUT2D eigenvalue weighted by Crippen LogP contribution is -2.09. The smallest absolute Gasteiger partial charge is 0.420 e. The van der Waals surface area contributed by atoms with E-state index in [1.807, 2.05) is 0 Å². The van der Waals surface area contributed by atoms with Crippen LogP contribution >= 0.6 is 0 Å². The number of rotatable bonds is 1. The lowest BCUT2D eigenvalue weighted by atomic mass is 10.2. The Morgan fingerprint density at radius 3 is 2.38 bits per heavy atom. The molecule has 1 heterocycles. The minimum absolute atomic E-state index is 0.0790. The molecule has 72 valence electrons. The summed E-state index contributed by atoms with van der Waals surface area (Å²) in [6.07, 6.45) is -4.69. The van der Waals surface area contributed by atoms with Crippen LogP contribution in [0.1, 0.15) is 21.9 Å². The van der Waals surface area contributed by atoms with E-state index < -0.39 is 23.5 Å². The second-order valence-corrected chi connectivity index (χ2v) is 2.40. The van der Waals surface area contributed by atoms with Crippen LogP contribution in [0.5, 0.6) is 0 Å². The number of aryl methyl sites for hydroxylation is 1. The first-order chi connectivity index (χ1) is 5.82. The van der Waals surface area contributed by atoms with Gasteiger partial charge < -0.3 is 9.52 Å². The van der Waals surface area contributed by atoms with Crippen LogP contribution < -0.4 is 0 Å². The third-order valence-corrected chi connectivity index (χ3v) is 1.35. The van der Waals surface area contributed by atoms with Crippen LogP contribution in [0.25, 0.3) is 0 Å². The summed E-state index contributed by atoms with van der Waals surface area (Å²) in [6.45, 7) is 1.25. The van der Waals surface area contributed by atoms with Crippen molar-refractivity contribution < 1.29 is 27.5 Å².